The Morgan fingerprint density at radius 3 is 2.32 bits per heavy atom. The Balaban J connectivity index is 1.71. The highest BCUT2D eigenvalue weighted by Gasteiger charge is 2.11. The zero-order valence-corrected chi connectivity index (χ0v) is 13.6. The summed E-state index contributed by atoms with van der Waals surface area (Å²) >= 11 is 0. The van der Waals surface area contributed by atoms with E-state index >= 15 is 0 Å². The smallest absolute Gasteiger partial charge is 0.146 e. The van der Waals surface area contributed by atoms with Crippen LogP contribution in [0.1, 0.15) is 17.2 Å². The highest BCUT2D eigenvalue weighted by Crippen LogP contribution is 2.24. The van der Waals surface area contributed by atoms with Gasteiger partial charge in [-0.2, -0.15) is 0 Å². The number of carbonyl (C=O) groups excluding carboxylic acids is 1. The van der Waals surface area contributed by atoms with E-state index in [9.17, 15) is 9.90 Å². The summed E-state index contributed by atoms with van der Waals surface area (Å²) in [4.78, 5) is 11.5. The van der Waals surface area contributed by atoms with Crippen molar-refractivity contribution in [1.29, 1.82) is 0 Å². The van der Waals surface area contributed by atoms with Gasteiger partial charge in [0.05, 0.1) is 6.61 Å². The number of ether oxygens (including phenoxy) is 1. The van der Waals surface area contributed by atoms with Gasteiger partial charge in [-0.05, 0) is 47.5 Å². The molecular formula is C21H19NO3. The third-order valence-electron chi connectivity index (χ3n) is 3.79. The number of benzene rings is 3. The van der Waals surface area contributed by atoms with Gasteiger partial charge in [0.25, 0.3) is 0 Å². The molecule has 0 amide bonds. The fraction of sp³-hybridized carbons (Fsp3) is 0.0952. The fourth-order valence-corrected chi connectivity index (χ4v) is 2.50. The number of rotatable bonds is 7. The summed E-state index contributed by atoms with van der Waals surface area (Å²) in [5, 5.41) is 12.4. The molecule has 3 aromatic rings. The van der Waals surface area contributed by atoms with Crippen molar-refractivity contribution in [3.8, 4) is 11.5 Å². The molecule has 1 atom stereocenters. The number of anilines is 1. The van der Waals surface area contributed by atoms with Crippen molar-refractivity contribution in [2.45, 2.75) is 12.6 Å². The standard InChI is InChI=1S/C21H19NO3/c23-14-16-5-4-6-18(13-16)22-21(15-24)17-9-11-20(12-10-17)25-19-7-2-1-3-8-19/h1-13,15,21-23H,14H2. The van der Waals surface area contributed by atoms with Gasteiger partial charge in [-0.3, -0.25) is 0 Å². The van der Waals surface area contributed by atoms with Gasteiger partial charge in [0.2, 0.25) is 0 Å². The maximum atomic E-state index is 11.5. The summed E-state index contributed by atoms with van der Waals surface area (Å²) in [6.45, 7) is -0.0349. The number of hydrogen-bond acceptors (Lipinski definition) is 4. The second-order valence-corrected chi connectivity index (χ2v) is 5.60. The molecule has 0 aliphatic rings. The van der Waals surface area contributed by atoms with Crippen LogP contribution in [-0.4, -0.2) is 11.4 Å². The van der Waals surface area contributed by atoms with E-state index in [1.54, 1.807) is 0 Å². The molecule has 0 radical (unpaired) electrons. The Hall–Kier alpha value is -3.11. The van der Waals surface area contributed by atoms with Crippen LogP contribution in [0.25, 0.3) is 0 Å². The number of para-hydroxylation sites is 1. The quantitative estimate of drug-likeness (QED) is 0.632. The van der Waals surface area contributed by atoms with Crippen LogP contribution >= 0.6 is 0 Å². The van der Waals surface area contributed by atoms with Gasteiger partial charge in [0.15, 0.2) is 0 Å². The number of aliphatic hydroxyl groups excluding tert-OH is 1. The van der Waals surface area contributed by atoms with Gasteiger partial charge in [-0.25, -0.2) is 0 Å². The first-order valence-corrected chi connectivity index (χ1v) is 8.03. The van der Waals surface area contributed by atoms with Crippen molar-refractivity contribution in [3.63, 3.8) is 0 Å². The molecule has 1 unspecified atom stereocenters. The van der Waals surface area contributed by atoms with Gasteiger partial charge in [0, 0.05) is 5.69 Å². The molecule has 25 heavy (non-hydrogen) atoms. The lowest BCUT2D eigenvalue weighted by Crippen LogP contribution is -2.12. The maximum absolute atomic E-state index is 11.5. The fourth-order valence-electron chi connectivity index (χ4n) is 2.50. The van der Waals surface area contributed by atoms with E-state index in [0.29, 0.717) is 5.75 Å². The molecule has 0 aliphatic carbocycles. The molecule has 0 saturated carbocycles. The largest absolute Gasteiger partial charge is 0.457 e. The second kappa shape index (κ2) is 8.13. The van der Waals surface area contributed by atoms with Crippen LogP contribution in [0.2, 0.25) is 0 Å². The van der Waals surface area contributed by atoms with Crippen LogP contribution in [0, 0.1) is 0 Å². The Morgan fingerprint density at radius 1 is 0.920 bits per heavy atom. The SMILES string of the molecule is O=CC(Nc1cccc(CO)c1)c1ccc(Oc2ccccc2)cc1. The van der Waals surface area contributed by atoms with Crippen LogP contribution < -0.4 is 10.1 Å². The van der Waals surface area contributed by atoms with E-state index in [2.05, 4.69) is 5.32 Å². The van der Waals surface area contributed by atoms with Crippen molar-refractivity contribution in [1.82, 2.24) is 0 Å². The number of carbonyl (C=O) groups is 1. The first kappa shape index (κ1) is 16.7. The molecule has 0 heterocycles. The van der Waals surface area contributed by atoms with Crippen LogP contribution in [0.5, 0.6) is 11.5 Å². The number of aliphatic hydroxyl groups is 1. The lowest BCUT2D eigenvalue weighted by Gasteiger charge is -2.15. The van der Waals surface area contributed by atoms with Gasteiger partial charge in [0.1, 0.15) is 23.8 Å². The molecule has 3 aromatic carbocycles. The normalized spacial score (nSPS) is 11.6. The van der Waals surface area contributed by atoms with E-state index in [4.69, 9.17) is 4.74 Å². The average molecular weight is 333 g/mol. The Morgan fingerprint density at radius 2 is 1.64 bits per heavy atom. The molecule has 126 valence electrons. The van der Waals surface area contributed by atoms with Crippen molar-refractivity contribution in [2.24, 2.45) is 0 Å². The van der Waals surface area contributed by atoms with Gasteiger partial charge in [-0.15, -0.1) is 0 Å². The molecule has 3 rings (SSSR count). The predicted molar refractivity (Wildman–Crippen MR) is 97.8 cm³/mol. The van der Waals surface area contributed by atoms with E-state index in [0.717, 1.165) is 28.8 Å². The Labute approximate surface area is 146 Å². The molecule has 4 nitrogen and oxygen atoms in total. The molecule has 0 fully saturated rings. The van der Waals surface area contributed by atoms with Gasteiger partial charge >= 0.3 is 0 Å². The molecule has 0 aliphatic heterocycles. The lowest BCUT2D eigenvalue weighted by atomic mass is 10.1. The molecule has 0 saturated heterocycles. The zero-order chi connectivity index (χ0) is 17.5. The summed E-state index contributed by atoms with van der Waals surface area (Å²) in [6, 6.07) is 23.8. The molecule has 4 heteroatoms. The predicted octanol–water partition coefficient (Wildman–Crippen LogP) is 4.32. The molecule has 0 spiro atoms. The van der Waals surface area contributed by atoms with Gasteiger partial charge in [-0.1, -0.05) is 42.5 Å². The summed E-state index contributed by atoms with van der Waals surface area (Å²) in [5.74, 6) is 1.48. The van der Waals surface area contributed by atoms with Crippen LogP contribution in [0.15, 0.2) is 78.9 Å². The molecule has 0 bridgehead atoms. The molecule has 0 aromatic heterocycles. The minimum atomic E-state index is -0.472. The highest BCUT2D eigenvalue weighted by molar-refractivity contribution is 5.68. The monoisotopic (exact) mass is 333 g/mol. The van der Waals surface area contributed by atoms with Crippen molar-refractivity contribution < 1.29 is 14.6 Å². The summed E-state index contributed by atoms with van der Waals surface area (Å²) in [5.41, 5.74) is 2.42. The molecular weight excluding hydrogens is 314 g/mol. The number of aldehydes is 1. The summed E-state index contributed by atoms with van der Waals surface area (Å²) in [7, 11) is 0. The second-order valence-electron chi connectivity index (χ2n) is 5.60. The first-order valence-electron chi connectivity index (χ1n) is 8.03. The van der Waals surface area contributed by atoms with Crippen LogP contribution in [0.4, 0.5) is 5.69 Å². The summed E-state index contributed by atoms with van der Waals surface area (Å²) < 4.78 is 5.76. The van der Waals surface area contributed by atoms with Crippen molar-refractivity contribution in [3.05, 3.63) is 90.0 Å². The zero-order valence-electron chi connectivity index (χ0n) is 13.6. The van der Waals surface area contributed by atoms with Crippen LogP contribution in [0.3, 0.4) is 0 Å². The van der Waals surface area contributed by atoms with Crippen molar-refractivity contribution >= 4 is 12.0 Å². The third kappa shape index (κ3) is 4.46. The molecule has 2 N–H and O–H groups in total. The van der Waals surface area contributed by atoms with E-state index in [-0.39, 0.29) is 6.61 Å². The Kier molecular flexibility index (Phi) is 5.44. The minimum absolute atomic E-state index is 0.0349. The summed E-state index contributed by atoms with van der Waals surface area (Å²) in [6.07, 6.45) is 0.860. The number of nitrogens with one attached hydrogen (secondary N) is 1. The van der Waals surface area contributed by atoms with Crippen LogP contribution in [-0.2, 0) is 11.4 Å². The maximum Gasteiger partial charge on any atom is 0.146 e. The number of hydrogen-bond donors (Lipinski definition) is 2. The Bertz CT molecular complexity index is 816. The topological polar surface area (TPSA) is 58.6 Å². The third-order valence-corrected chi connectivity index (χ3v) is 3.79. The van der Waals surface area contributed by atoms with E-state index in [1.165, 1.54) is 0 Å². The lowest BCUT2D eigenvalue weighted by molar-refractivity contribution is -0.108. The van der Waals surface area contributed by atoms with E-state index in [1.807, 2.05) is 78.9 Å². The van der Waals surface area contributed by atoms with Crippen molar-refractivity contribution in [2.75, 3.05) is 5.32 Å². The van der Waals surface area contributed by atoms with E-state index < -0.39 is 6.04 Å². The highest BCUT2D eigenvalue weighted by atomic mass is 16.5. The first-order chi connectivity index (χ1) is 12.3. The van der Waals surface area contributed by atoms with Gasteiger partial charge < -0.3 is 20.0 Å². The average Bonchev–Trinajstić information content (AvgIpc) is 2.68. The minimum Gasteiger partial charge on any atom is -0.457 e.